The molecule has 26 heavy (non-hydrogen) atoms. The molecule has 1 aliphatic carbocycles. The minimum absolute atomic E-state index is 0.128. The van der Waals surface area contributed by atoms with Crippen molar-refractivity contribution in [3.8, 4) is 0 Å². The van der Waals surface area contributed by atoms with E-state index in [0.717, 1.165) is 55.6 Å². The number of carbonyl (C=O) groups excluding carboxylic acids is 2. The smallest absolute Gasteiger partial charge is 0.255 e. The van der Waals surface area contributed by atoms with Crippen LogP contribution in [0.2, 0.25) is 0 Å². The Morgan fingerprint density at radius 2 is 1.77 bits per heavy atom. The molecular weight excluding hydrogens is 324 g/mol. The molecule has 4 rings (SSSR count). The highest BCUT2D eigenvalue weighted by molar-refractivity contribution is 6.05. The van der Waals surface area contributed by atoms with Gasteiger partial charge in [0.25, 0.3) is 5.91 Å². The predicted octanol–water partition coefficient (Wildman–Crippen LogP) is 4.33. The fourth-order valence-electron chi connectivity index (χ4n) is 3.99. The van der Waals surface area contributed by atoms with Crippen molar-refractivity contribution in [3.05, 3.63) is 59.2 Å². The molecule has 0 atom stereocenters. The summed E-state index contributed by atoms with van der Waals surface area (Å²) in [5, 5.41) is 2.96. The van der Waals surface area contributed by atoms with Gasteiger partial charge in [-0.15, -0.1) is 0 Å². The molecule has 2 aromatic rings. The Bertz CT molecular complexity index is 836. The maximum absolute atomic E-state index is 12.8. The number of fused-ring (bicyclic) bond motifs is 1. The maximum Gasteiger partial charge on any atom is 0.255 e. The van der Waals surface area contributed by atoms with Gasteiger partial charge in [0.05, 0.1) is 0 Å². The summed E-state index contributed by atoms with van der Waals surface area (Å²) in [5.74, 6) is 0.298. The largest absolute Gasteiger partial charge is 0.322 e. The quantitative estimate of drug-likeness (QED) is 0.898. The van der Waals surface area contributed by atoms with Gasteiger partial charge >= 0.3 is 0 Å². The first-order valence-corrected chi connectivity index (χ1v) is 9.44. The third-order valence-corrected chi connectivity index (χ3v) is 5.52. The van der Waals surface area contributed by atoms with Crippen LogP contribution < -0.4 is 10.2 Å². The monoisotopic (exact) mass is 348 g/mol. The summed E-state index contributed by atoms with van der Waals surface area (Å²) in [5.41, 5.74) is 4.64. The van der Waals surface area contributed by atoms with Gasteiger partial charge in [-0.3, -0.25) is 9.59 Å². The summed E-state index contributed by atoms with van der Waals surface area (Å²) < 4.78 is 0. The molecule has 1 fully saturated rings. The van der Waals surface area contributed by atoms with Crippen LogP contribution >= 0.6 is 0 Å². The number of anilines is 2. The molecule has 4 heteroatoms. The molecule has 0 saturated heterocycles. The first-order chi connectivity index (χ1) is 12.6. The Morgan fingerprint density at radius 1 is 1.04 bits per heavy atom. The fourth-order valence-corrected chi connectivity index (χ4v) is 3.99. The van der Waals surface area contributed by atoms with E-state index in [1.807, 2.05) is 54.3 Å². The molecule has 2 amide bonds. The Labute approximate surface area is 154 Å². The lowest BCUT2D eigenvalue weighted by atomic mass is 10.1. The summed E-state index contributed by atoms with van der Waals surface area (Å²) >= 11 is 0. The van der Waals surface area contributed by atoms with Gasteiger partial charge in [-0.2, -0.15) is 0 Å². The topological polar surface area (TPSA) is 49.4 Å². The highest BCUT2D eigenvalue weighted by atomic mass is 16.2. The van der Waals surface area contributed by atoms with Crippen LogP contribution in [0, 0.1) is 12.8 Å². The van der Waals surface area contributed by atoms with E-state index >= 15 is 0 Å². The van der Waals surface area contributed by atoms with Crippen LogP contribution in [0.4, 0.5) is 11.4 Å². The predicted molar refractivity (Wildman–Crippen MR) is 104 cm³/mol. The van der Waals surface area contributed by atoms with Gasteiger partial charge in [0.2, 0.25) is 5.91 Å². The molecule has 0 radical (unpaired) electrons. The van der Waals surface area contributed by atoms with E-state index in [-0.39, 0.29) is 17.7 Å². The molecule has 0 aromatic heterocycles. The number of nitrogens with zero attached hydrogens (tertiary/aromatic N) is 1. The summed E-state index contributed by atoms with van der Waals surface area (Å²) in [7, 11) is 0. The molecule has 1 aliphatic heterocycles. The number of rotatable bonds is 3. The summed E-state index contributed by atoms with van der Waals surface area (Å²) in [4.78, 5) is 27.2. The molecular formula is C22H24N2O2. The average Bonchev–Trinajstić information content (AvgIpc) is 3.31. The number of hydrogen-bond acceptors (Lipinski definition) is 2. The summed E-state index contributed by atoms with van der Waals surface area (Å²) in [6.45, 7) is 2.75. The van der Waals surface area contributed by atoms with Crippen molar-refractivity contribution in [2.45, 2.75) is 39.0 Å². The first kappa shape index (κ1) is 16.8. The molecule has 2 aliphatic rings. The van der Waals surface area contributed by atoms with Crippen molar-refractivity contribution in [2.24, 2.45) is 5.92 Å². The van der Waals surface area contributed by atoms with Gasteiger partial charge in [-0.1, -0.05) is 36.6 Å². The van der Waals surface area contributed by atoms with Crippen molar-refractivity contribution in [1.82, 2.24) is 0 Å². The van der Waals surface area contributed by atoms with Crippen molar-refractivity contribution in [1.29, 1.82) is 0 Å². The molecule has 1 saturated carbocycles. The highest BCUT2D eigenvalue weighted by Gasteiger charge is 2.31. The highest BCUT2D eigenvalue weighted by Crippen LogP contribution is 2.35. The molecule has 0 spiro atoms. The molecule has 1 heterocycles. The van der Waals surface area contributed by atoms with Crippen molar-refractivity contribution in [2.75, 3.05) is 16.8 Å². The molecule has 0 unspecified atom stereocenters. The van der Waals surface area contributed by atoms with E-state index in [1.165, 1.54) is 5.56 Å². The number of carbonyl (C=O) groups is 2. The number of nitrogens with one attached hydrogen (secondary N) is 1. The zero-order valence-electron chi connectivity index (χ0n) is 15.1. The molecule has 0 bridgehead atoms. The third-order valence-electron chi connectivity index (χ3n) is 5.52. The van der Waals surface area contributed by atoms with Gasteiger partial charge < -0.3 is 10.2 Å². The van der Waals surface area contributed by atoms with Gasteiger partial charge in [0.15, 0.2) is 0 Å². The fraction of sp³-hybridized carbons (Fsp3) is 0.364. The second-order valence-corrected chi connectivity index (χ2v) is 7.38. The number of benzene rings is 2. The minimum Gasteiger partial charge on any atom is -0.322 e. The lowest BCUT2D eigenvalue weighted by molar-refractivity contribution is -0.122. The molecule has 2 aromatic carbocycles. The Morgan fingerprint density at radius 3 is 2.50 bits per heavy atom. The second-order valence-electron chi connectivity index (χ2n) is 7.38. The van der Waals surface area contributed by atoms with Crippen molar-refractivity contribution < 1.29 is 9.59 Å². The lowest BCUT2D eigenvalue weighted by Crippen LogP contribution is -2.33. The standard InChI is InChI=1S/C22H24N2O2/c1-15-6-8-17(9-7-15)21(25)23-19-11-10-16-12-13-24(20(16)14-19)22(26)18-4-2-3-5-18/h6-11,14,18H,2-5,12-13H2,1H3,(H,23,25). The summed E-state index contributed by atoms with van der Waals surface area (Å²) in [6, 6.07) is 13.4. The van der Waals surface area contributed by atoms with Crippen LogP contribution in [0.1, 0.15) is 47.2 Å². The van der Waals surface area contributed by atoms with Gasteiger partial charge in [-0.05, 0) is 56.0 Å². The van der Waals surface area contributed by atoms with E-state index < -0.39 is 0 Å². The normalized spacial score (nSPS) is 16.6. The van der Waals surface area contributed by atoms with E-state index in [1.54, 1.807) is 0 Å². The van der Waals surface area contributed by atoms with Gasteiger partial charge in [0, 0.05) is 29.4 Å². The zero-order chi connectivity index (χ0) is 18.1. The molecule has 134 valence electrons. The first-order valence-electron chi connectivity index (χ1n) is 9.44. The number of hydrogen-bond donors (Lipinski definition) is 1. The van der Waals surface area contributed by atoms with Crippen LogP contribution in [-0.2, 0) is 11.2 Å². The van der Waals surface area contributed by atoms with E-state index in [2.05, 4.69) is 5.32 Å². The van der Waals surface area contributed by atoms with Gasteiger partial charge in [-0.25, -0.2) is 0 Å². The Balaban J connectivity index is 1.53. The molecule has 1 N–H and O–H groups in total. The lowest BCUT2D eigenvalue weighted by Gasteiger charge is -2.21. The zero-order valence-corrected chi connectivity index (χ0v) is 15.1. The molecule has 4 nitrogen and oxygen atoms in total. The maximum atomic E-state index is 12.8. The minimum atomic E-state index is -0.128. The second kappa shape index (κ2) is 6.94. The van der Waals surface area contributed by atoms with E-state index in [9.17, 15) is 9.59 Å². The van der Waals surface area contributed by atoms with Crippen LogP contribution in [0.15, 0.2) is 42.5 Å². The van der Waals surface area contributed by atoms with Gasteiger partial charge in [0.1, 0.15) is 0 Å². The van der Waals surface area contributed by atoms with Crippen molar-refractivity contribution in [3.63, 3.8) is 0 Å². The van der Waals surface area contributed by atoms with Crippen LogP contribution in [0.5, 0.6) is 0 Å². The SMILES string of the molecule is Cc1ccc(C(=O)Nc2ccc3c(c2)N(C(=O)C2CCCC2)CC3)cc1. The number of aryl methyl sites for hydroxylation is 1. The van der Waals surface area contributed by atoms with E-state index in [0.29, 0.717) is 5.56 Å². The number of amides is 2. The van der Waals surface area contributed by atoms with Crippen LogP contribution in [-0.4, -0.2) is 18.4 Å². The average molecular weight is 348 g/mol. The summed E-state index contributed by atoms with van der Waals surface area (Å²) in [6.07, 6.45) is 5.22. The van der Waals surface area contributed by atoms with E-state index in [4.69, 9.17) is 0 Å². The van der Waals surface area contributed by atoms with Crippen LogP contribution in [0.25, 0.3) is 0 Å². The van der Waals surface area contributed by atoms with Crippen molar-refractivity contribution >= 4 is 23.2 Å². The Hall–Kier alpha value is -2.62. The Kier molecular flexibility index (Phi) is 4.49. The van der Waals surface area contributed by atoms with Crippen LogP contribution in [0.3, 0.4) is 0 Å². The third kappa shape index (κ3) is 3.24.